The second-order valence-corrected chi connectivity index (χ2v) is 12.6. The number of ether oxygens (including phenoxy) is 1. The topological polar surface area (TPSA) is 90.4 Å². The number of rotatable bonds is 7. The van der Waals surface area contributed by atoms with Crippen LogP contribution >= 0.6 is 11.6 Å². The fourth-order valence-electron chi connectivity index (χ4n) is 5.79. The van der Waals surface area contributed by atoms with Gasteiger partial charge in [-0.3, -0.25) is 4.90 Å². The molecule has 3 fully saturated rings. The van der Waals surface area contributed by atoms with Crippen LogP contribution in [0.2, 0.25) is 5.02 Å². The molecule has 0 radical (unpaired) electrons. The van der Waals surface area contributed by atoms with E-state index in [0.29, 0.717) is 70.4 Å². The van der Waals surface area contributed by atoms with E-state index in [1.165, 1.54) is 22.5 Å². The lowest BCUT2D eigenvalue weighted by atomic mass is 9.90. The number of β-amino-alcohol motifs (C(OH)–C–C–N with tert-alkyl or cyclic N) is 1. The summed E-state index contributed by atoms with van der Waals surface area (Å²) < 4.78 is 63.9. The number of sulfonamides is 1. The first-order valence-corrected chi connectivity index (χ1v) is 15.0. The molecule has 2 atom stereocenters. The van der Waals surface area contributed by atoms with Gasteiger partial charge in [-0.05, 0) is 68.0 Å². The van der Waals surface area contributed by atoms with E-state index in [2.05, 4.69) is 4.90 Å². The zero-order valence-electron chi connectivity index (χ0n) is 21.4. The third-order valence-corrected chi connectivity index (χ3v) is 10.3. The Kier molecular flexibility index (Phi) is 8.17. The highest BCUT2D eigenvalue weighted by molar-refractivity contribution is 7.89. The summed E-state index contributed by atoms with van der Waals surface area (Å²) in [7, 11) is -4.31. The SMILES string of the molecule is O=C(OC1([C@H]2CCC[C@@H](c3cccc(F)c3)N2S(=O)(=O)c2ccc(F)cc2Cl)CC1)N1CCN(CCO)CC1. The zero-order valence-corrected chi connectivity index (χ0v) is 23.0. The molecule has 1 saturated carbocycles. The first-order valence-electron chi connectivity index (χ1n) is 13.2. The number of nitrogens with zero attached hydrogens (tertiary/aromatic N) is 3. The minimum atomic E-state index is -4.31. The van der Waals surface area contributed by atoms with Gasteiger partial charge in [0.2, 0.25) is 10.0 Å². The molecule has 5 rings (SSSR count). The van der Waals surface area contributed by atoms with Crippen LogP contribution in [0.5, 0.6) is 0 Å². The summed E-state index contributed by atoms with van der Waals surface area (Å²) in [5.41, 5.74) is -0.533. The molecule has 1 aliphatic carbocycles. The number of hydrogen-bond donors (Lipinski definition) is 1. The lowest BCUT2D eigenvalue weighted by molar-refractivity contribution is -0.0145. The maximum Gasteiger partial charge on any atom is 0.410 e. The van der Waals surface area contributed by atoms with Gasteiger partial charge in [0.05, 0.1) is 23.7 Å². The molecule has 2 aliphatic heterocycles. The minimum absolute atomic E-state index is 0.0457. The van der Waals surface area contributed by atoms with E-state index in [9.17, 15) is 27.1 Å². The smallest absolute Gasteiger partial charge is 0.410 e. The van der Waals surface area contributed by atoms with Gasteiger partial charge in [0.15, 0.2) is 0 Å². The summed E-state index contributed by atoms with van der Waals surface area (Å²) in [5.74, 6) is -1.15. The quantitative estimate of drug-likeness (QED) is 0.526. The van der Waals surface area contributed by atoms with Crippen molar-refractivity contribution in [3.8, 4) is 0 Å². The van der Waals surface area contributed by atoms with Crippen LogP contribution in [0.25, 0.3) is 0 Å². The monoisotopic (exact) mass is 583 g/mol. The number of carbonyl (C=O) groups excluding carboxylic acids is 1. The number of piperazine rings is 1. The van der Waals surface area contributed by atoms with Crippen LogP contribution in [-0.4, -0.2) is 84.7 Å². The lowest BCUT2D eigenvalue weighted by Gasteiger charge is -2.45. The fourth-order valence-corrected chi connectivity index (χ4v) is 8.22. The Morgan fingerprint density at radius 2 is 1.77 bits per heavy atom. The maximum atomic E-state index is 14.3. The maximum absolute atomic E-state index is 14.3. The molecule has 12 heteroatoms. The van der Waals surface area contributed by atoms with Crippen LogP contribution in [0.4, 0.5) is 13.6 Å². The van der Waals surface area contributed by atoms with Crippen molar-refractivity contribution in [3.63, 3.8) is 0 Å². The summed E-state index contributed by atoms with van der Waals surface area (Å²) in [6, 6.07) is 7.54. The van der Waals surface area contributed by atoms with Gasteiger partial charge in [-0.25, -0.2) is 22.0 Å². The van der Waals surface area contributed by atoms with Crippen LogP contribution in [-0.2, 0) is 14.8 Å². The summed E-state index contributed by atoms with van der Waals surface area (Å²) in [4.78, 5) is 16.6. The number of benzene rings is 2. The third-order valence-electron chi connectivity index (χ3n) is 7.94. The zero-order chi connectivity index (χ0) is 27.8. The van der Waals surface area contributed by atoms with E-state index in [0.717, 1.165) is 18.2 Å². The molecule has 39 heavy (non-hydrogen) atoms. The van der Waals surface area contributed by atoms with Gasteiger partial charge in [-0.2, -0.15) is 4.31 Å². The molecule has 2 aromatic rings. The average Bonchev–Trinajstić information content (AvgIpc) is 3.69. The van der Waals surface area contributed by atoms with Gasteiger partial charge >= 0.3 is 6.09 Å². The van der Waals surface area contributed by atoms with Crippen LogP contribution < -0.4 is 0 Å². The predicted molar refractivity (Wildman–Crippen MR) is 141 cm³/mol. The Hall–Kier alpha value is -2.31. The van der Waals surface area contributed by atoms with Gasteiger partial charge in [-0.1, -0.05) is 23.7 Å². The van der Waals surface area contributed by atoms with E-state index < -0.39 is 45.4 Å². The van der Waals surface area contributed by atoms with E-state index in [1.54, 1.807) is 11.0 Å². The number of hydrogen-bond acceptors (Lipinski definition) is 6. The summed E-state index contributed by atoms with van der Waals surface area (Å²) in [6.45, 7) is 2.69. The summed E-state index contributed by atoms with van der Waals surface area (Å²) in [6.07, 6.45) is 2.02. The third kappa shape index (κ3) is 5.78. The van der Waals surface area contributed by atoms with Crippen molar-refractivity contribution in [2.24, 2.45) is 0 Å². The number of halogens is 3. The Labute approximate surface area is 232 Å². The van der Waals surface area contributed by atoms with Gasteiger partial charge in [0, 0.05) is 32.7 Å². The van der Waals surface area contributed by atoms with Crippen molar-refractivity contribution in [1.29, 1.82) is 0 Å². The Morgan fingerprint density at radius 3 is 2.41 bits per heavy atom. The first kappa shape index (κ1) is 28.2. The molecule has 2 saturated heterocycles. The van der Waals surface area contributed by atoms with Crippen molar-refractivity contribution < 1.29 is 31.8 Å². The molecule has 3 aliphatic rings. The van der Waals surface area contributed by atoms with E-state index >= 15 is 0 Å². The van der Waals surface area contributed by atoms with Gasteiger partial charge < -0.3 is 14.7 Å². The van der Waals surface area contributed by atoms with Crippen molar-refractivity contribution in [1.82, 2.24) is 14.1 Å². The van der Waals surface area contributed by atoms with Crippen molar-refractivity contribution in [2.45, 2.75) is 54.7 Å². The fraction of sp³-hybridized carbons (Fsp3) is 0.519. The standard InChI is InChI=1S/C27H32ClF2N3O5S/c28-22-18-21(30)7-8-24(22)39(36,37)33-23(19-3-1-4-20(29)17-19)5-2-6-25(33)27(9-10-27)38-26(35)32-13-11-31(12-14-32)15-16-34/h1,3-4,7-8,17-18,23,25,34H,2,5-6,9-16H2/t23-,25+/m0/s1. The number of piperidine rings is 1. The molecule has 2 heterocycles. The van der Waals surface area contributed by atoms with Gasteiger partial charge in [0.25, 0.3) is 0 Å². The Bertz CT molecular complexity index is 1320. The molecular weight excluding hydrogens is 552 g/mol. The molecular formula is C27H32ClF2N3O5S. The molecule has 0 unspecified atom stereocenters. The molecule has 1 N–H and O–H groups in total. The highest BCUT2D eigenvalue weighted by Gasteiger charge is 2.60. The number of amides is 1. The highest BCUT2D eigenvalue weighted by Crippen LogP contribution is 2.53. The summed E-state index contributed by atoms with van der Waals surface area (Å²) >= 11 is 6.23. The first-order chi connectivity index (χ1) is 18.6. The van der Waals surface area contributed by atoms with Crippen LogP contribution in [0.3, 0.4) is 0 Å². The highest BCUT2D eigenvalue weighted by atomic mass is 35.5. The second kappa shape index (κ2) is 11.3. The molecule has 0 aromatic heterocycles. The van der Waals surface area contributed by atoms with Gasteiger partial charge in [0.1, 0.15) is 22.1 Å². The number of carbonyl (C=O) groups is 1. The molecule has 2 aromatic carbocycles. The largest absolute Gasteiger partial charge is 0.441 e. The average molecular weight is 584 g/mol. The number of aliphatic hydroxyl groups is 1. The van der Waals surface area contributed by atoms with Crippen molar-refractivity contribution in [3.05, 3.63) is 64.7 Å². The Morgan fingerprint density at radius 1 is 1.05 bits per heavy atom. The van der Waals surface area contributed by atoms with Crippen LogP contribution in [0, 0.1) is 11.6 Å². The normalized spacial score (nSPS) is 23.9. The Balaban J connectivity index is 1.47. The number of aliphatic hydroxyl groups excluding tert-OH is 1. The minimum Gasteiger partial charge on any atom is -0.441 e. The van der Waals surface area contributed by atoms with Crippen molar-refractivity contribution in [2.75, 3.05) is 39.3 Å². The van der Waals surface area contributed by atoms with E-state index in [-0.39, 0.29) is 16.5 Å². The second-order valence-electron chi connectivity index (χ2n) is 10.4. The molecule has 1 amide bonds. The van der Waals surface area contributed by atoms with E-state index in [1.807, 2.05) is 0 Å². The summed E-state index contributed by atoms with van der Waals surface area (Å²) in [5, 5.41) is 8.92. The van der Waals surface area contributed by atoms with Gasteiger partial charge in [-0.15, -0.1) is 0 Å². The lowest BCUT2D eigenvalue weighted by Crippen LogP contribution is -2.55. The van der Waals surface area contributed by atoms with Crippen molar-refractivity contribution >= 4 is 27.7 Å². The van der Waals surface area contributed by atoms with Crippen LogP contribution in [0.1, 0.15) is 43.7 Å². The predicted octanol–water partition coefficient (Wildman–Crippen LogP) is 4.18. The molecule has 212 valence electrons. The van der Waals surface area contributed by atoms with Crippen LogP contribution in [0.15, 0.2) is 47.4 Å². The molecule has 0 spiro atoms. The van der Waals surface area contributed by atoms with E-state index in [4.69, 9.17) is 16.3 Å². The molecule has 0 bridgehead atoms. The molecule has 8 nitrogen and oxygen atoms in total.